The number of amides is 1. The van der Waals surface area contributed by atoms with E-state index in [1.54, 1.807) is 24.9 Å². The molecule has 1 fully saturated rings. The number of hydrogen-bond donors (Lipinski definition) is 3. The van der Waals surface area contributed by atoms with Crippen LogP contribution in [0.5, 0.6) is 0 Å². The van der Waals surface area contributed by atoms with E-state index in [1.165, 1.54) is 0 Å². The summed E-state index contributed by atoms with van der Waals surface area (Å²) in [7, 11) is 0. The molecule has 0 bridgehead atoms. The molecule has 5 heterocycles. The maximum atomic E-state index is 12.4. The number of nitrogens with one attached hydrogen (secondary N) is 3. The SMILES string of the molecule is Cc1cn(-c2nccc3[nH]c(-c4n[nH]c5ccc(-c6cncc(NC(=O)C7CCC7)c6)cc45)nc23)cn1. The van der Waals surface area contributed by atoms with Gasteiger partial charge < -0.3 is 10.3 Å². The second kappa shape index (κ2) is 8.37. The second-order valence-corrected chi connectivity index (χ2v) is 9.45. The maximum Gasteiger partial charge on any atom is 0.227 e. The Kier molecular flexibility index (Phi) is 4.85. The molecular formula is C27H23N9O. The molecule has 37 heavy (non-hydrogen) atoms. The number of imidazole rings is 2. The van der Waals surface area contributed by atoms with Crippen LogP contribution in [-0.2, 0) is 4.79 Å². The van der Waals surface area contributed by atoms with Gasteiger partial charge in [0.2, 0.25) is 5.91 Å². The summed E-state index contributed by atoms with van der Waals surface area (Å²) >= 11 is 0. The fraction of sp³-hybridized carbons (Fsp3) is 0.185. The third-order valence-corrected chi connectivity index (χ3v) is 6.94. The number of carbonyl (C=O) groups excluding carboxylic acids is 1. The van der Waals surface area contributed by atoms with Gasteiger partial charge in [0.1, 0.15) is 17.5 Å². The molecule has 7 rings (SSSR count). The van der Waals surface area contributed by atoms with Crippen molar-refractivity contribution in [2.45, 2.75) is 26.2 Å². The molecule has 10 heteroatoms. The Balaban J connectivity index is 1.26. The normalized spacial score (nSPS) is 13.8. The zero-order valence-electron chi connectivity index (χ0n) is 20.1. The molecule has 10 nitrogen and oxygen atoms in total. The Bertz CT molecular complexity index is 1790. The van der Waals surface area contributed by atoms with Crippen molar-refractivity contribution in [3.63, 3.8) is 0 Å². The van der Waals surface area contributed by atoms with E-state index < -0.39 is 0 Å². The Morgan fingerprint density at radius 1 is 1.08 bits per heavy atom. The van der Waals surface area contributed by atoms with E-state index >= 15 is 0 Å². The van der Waals surface area contributed by atoms with Gasteiger partial charge in [0.15, 0.2) is 11.6 Å². The zero-order valence-corrected chi connectivity index (χ0v) is 20.1. The van der Waals surface area contributed by atoms with Crippen molar-refractivity contribution in [1.82, 2.24) is 39.7 Å². The molecule has 6 aromatic rings. The van der Waals surface area contributed by atoms with Crippen molar-refractivity contribution in [2.75, 3.05) is 5.32 Å². The van der Waals surface area contributed by atoms with Crippen molar-refractivity contribution in [3.05, 3.63) is 67.1 Å². The average molecular weight is 490 g/mol. The summed E-state index contributed by atoms with van der Waals surface area (Å²) in [5.74, 6) is 1.53. The Labute approximate surface area is 211 Å². The zero-order chi connectivity index (χ0) is 24.9. The maximum absolute atomic E-state index is 12.4. The summed E-state index contributed by atoms with van der Waals surface area (Å²) in [6, 6.07) is 9.92. The van der Waals surface area contributed by atoms with Crippen LogP contribution in [0.3, 0.4) is 0 Å². The average Bonchev–Trinajstić information content (AvgIpc) is 3.60. The van der Waals surface area contributed by atoms with Gasteiger partial charge in [0, 0.05) is 35.5 Å². The molecular weight excluding hydrogens is 466 g/mol. The number of aromatic amines is 2. The van der Waals surface area contributed by atoms with E-state index in [4.69, 9.17) is 4.98 Å². The van der Waals surface area contributed by atoms with E-state index in [0.29, 0.717) is 23.0 Å². The highest BCUT2D eigenvalue weighted by atomic mass is 16.1. The molecule has 0 atom stereocenters. The van der Waals surface area contributed by atoms with E-state index in [1.807, 2.05) is 42.0 Å². The second-order valence-electron chi connectivity index (χ2n) is 9.45. The molecule has 0 radical (unpaired) electrons. The summed E-state index contributed by atoms with van der Waals surface area (Å²) in [6.07, 6.45) is 11.9. The molecule has 1 aromatic carbocycles. The molecule has 5 aromatic heterocycles. The van der Waals surface area contributed by atoms with E-state index in [9.17, 15) is 4.79 Å². The standard InChI is InChI=1S/C27H23N9O/c1-15-13-36(14-30-15)26-24-22(7-8-29-26)32-25(33-24)23-20-10-17(5-6-21(20)34-35-23)18-9-19(12-28-11-18)31-27(37)16-3-2-4-16/h5-14,16H,2-4H2,1H3,(H,31,37)(H,32,33)(H,34,35). The molecule has 1 aliphatic carbocycles. The van der Waals surface area contributed by atoms with Gasteiger partial charge in [0.05, 0.1) is 28.6 Å². The third-order valence-electron chi connectivity index (χ3n) is 6.94. The molecule has 0 aliphatic heterocycles. The number of H-pyrrole nitrogens is 2. The topological polar surface area (TPSA) is 130 Å². The van der Waals surface area contributed by atoms with Crippen molar-refractivity contribution in [2.24, 2.45) is 5.92 Å². The largest absolute Gasteiger partial charge is 0.336 e. The summed E-state index contributed by atoms with van der Waals surface area (Å²) in [4.78, 5) is 33.9. The number of rotatable bonds is 5. The number of anilines is 1. The first-order valence-corrected chi connectivity index (χ1v) is 12.2. The van der Waals surface area contributed by atoms with Gasteiger partial charge in [-0.3, -0.25) is 19.4 Å². The monoisotopic (exact) mass is 489 g/mol. The minimum Gasteiger partial charge on any atom is -0.336 e. The van der Waals surface area contributed by atoms with Crippen LogP contribution in [0, 0.1) is 12.8 Å². The molecule has 1 saturated carbocycles. The first-order chi connectivity index (χ1) is 18.1. The number of nitrogens with zero attached hydrogens (tertiary/aromatic N) is 6. The van der Waals surface area contributed by atoms with Gasteiger partial charge in [-0.05, 0) is 49.6 Å². The highest BCUT2D eigenvalue weighted by Gasteiger charge is 2.25. The van der Waals surface area contributed by atoms with Gasteiger partial charge >= 0.3 is 0 Å². The van der Waals surface area contributed by atoms with E-state index in [2.05, 4.69) is 41.5 Å². The number of hydrogen-bond acceptors (Lipinski definition) is 6. The van der Waals surface area contributed by atoms with Crippen molar-refractivity contribution in [3.8, 4) is 28.5 Å². The van der Waals surface area contributed by atoms with Gasteiger partial charge in [-0.15, -0.1) is 0 Å². The number of aromatic nitrogens is 8. The molecule has 0 spiro atoms. The van der Waals surface area contributed by atoms with Crippen LogP contribution in [0.25, 0.3) is 50.4 Å². The summed E-state index contributed by atoms with van der Waals surface area (Å²) in [5, 5.41) is 11.6. The minimum absolute atomic E-state index is 0.0716. The quantitative estimate of drug-likeness (QED) is 0.319. The smallest absolute Gasteiger partial charge is 0.227 e. The van der Waals surface area contributed by atoms with Gasteiger partial charge in [-0.25, -0.2) is 15.0 Å². The molecule has 182 valence electrons. The van der Waals surface area contributed by atoms with Gasteiger partial charge in [0.25, 0.3) is 0 Å². The number of fused-ring (bicyclic) bond motifs is 2. The first kappa shape index (κ1) is 21.4. The van der Waals surface area contributed by atoms with E-state index in [-0.39, 0.29) is 11.8 Å². The fourth-order valence-electron chi connectivity index (χ4n) is 4.71. The fourth-order valence-corrected chi connectivity index (χ4v) is 4.71. The number of carbonyl (C=O) groups is 1. The summed E-state index contributed by atoms with van der Waals surface area (Å²) in [5.41, 5.74) is 6.68. The van der Waals surface area contributed by atoms with Crippen molar-refractivity contribution >= 4 is 33.5 Å². The Morgan fingerprint density at radius 3 is 2.81 bits per heavy atom. The number of aryl methyl sites for hydroxylation is 1. The van der Waals surface area contributed by atoms with Crippen LogP contribution >= 0.6 is 0 Å². The van der Waals surface area contributed by atoms with Crippen LogP contribution in [0.2, 0.25) is 0 Å². The molecule has 0 unspecified atom stereocenters. The predicted molar refractivity (Wildman–Crippen MR) is 140 cm³/mol. The molecule has 1 amide bonds. The van der Waals surface area contributed by atoms with Gasteiger partial charge in [-0.1, -0.05) is 12.5 Å². The highest BCUT2D eigenvalue weighted by molar-refractivity contribution is 5.97. The lowest BCUT2D eigenvalue weighted by Crippen LogP contribution is -2.28. The van der Waals surface area contributed by atoms with Crippen molar-refractivity contribution < 1.29 is 4.79 Å². The summed E-state index contributed by atoms with van der Waals surface area (Å²) in [6.45, 7) is 1.94. The van der Waals surface area contributed by atoms with Gasteiger partial charge in [-0.2, -0.15) is 5.10 Å². The highest BCUT2D eigenvalue weighted by Crippen LogP contribution is 2.32. The predicted octanol–water partition coefficient (Wildman–Crippen LogP) is 4.80. The van der Waals surface area contributed by atoms with Crippen LogP contribution in [0.4, 0.5) is 5.69 Å². The van der Waals surface area contributed by atoms with Crippen LogP contribution in [0.15, 0.2) is 61.4 Å². The number of pyridine rings is 2. The number of benzene rings is 1. The third kappa shape index (κ3) is 3.74. The van der Waals surface area contributed by atoms with Crippen LogP contribution < -0.4 is 5.32 Å². The van der Waals surface area contributed by atoms with Crippen LogP contribution in [0.1, 0.15) is 25.0 Å². The van der Waals surface area contributed by atoms with Crippen LogP contribution in [-0.4, -0.2) is 45.6 Å². The minimum atomic E-state index is 0.0716. The lowest BCUT2D eigenvalue weighted by molar-refractivity contribution is -0.122. The van der Waals surface area contributed by atoms with Crippen molar-refractivity contribution in [1.29, 1.82) is 0 Å². The summed E-state index contributed by atoms with van der Waals surface area (Å²) < 4.78 is 1.87. The lowest BCUT2D eigenvalue weighted by atomic mass is 9.85. The molecule has 0 saturated heterocycles. The lowest BCUT2D eigenvalue weighted by Gasteiger charge is -2.24. The first-order valence-electron chi connectivity index (χ1n) is 12.2. The Morgan fingerprint density at radius 2 is 2.00 bits per heavy atom. The molecule has 1 aliphatic rings. The molecule has 3 N–H and O–H groups in total. The Hall–Kier alpha value is -4.86. The van der Waals surface area contributed by atoms with E-state index in [0.717, 1.165) is 58.0 Å².